The summed E-state index contributed by atoms with van der Waals surface area (Å²) in [5.41, 5.74) is 1.14. The average molecular weight is 416 g/mol. The highest BCUT2D eigenvalue weighted by molar-refractivity contribution is 7.07. The predicted octanol–water partition coefficient (Wildman–Crippen LogP) is 2.61. The highest BCUT2D eigenvalue weighted by atomic mass is 35.5. The van der Waals surface area contributed by atoms with E-state index >= 15 is 0 Å². The molecule has 5 nitrogen and oxygen atoms in total. The molecule has 0 saturated carbocycles. The Labute approximate surface area is 170 Å². The number of hydrogen-bond acceptors (Lipinski definition) is 5. The molecular formula is C21H18ClNO4S. The third-order valence-corrected chi connectivity index (χ3v) is 5.51. The van der Waals surface area contributed by atoms with Crippen LogP contribution in [0.3, 0.4) is 0 Å². The van der Waals surface area contributed by atoms with Gasteiger partial charge >= 0.3 is 0 Å². The second-order valence-electron chi connectivity index (χ2n) is 5.94. The Morgan fingerprint density at radius 1 is 1.07 bits per heavy atom. The van der Waals surface area contributed by atoms with Crippen molar-refractivity contribution in [2.24, 2.45) is 7.05 Å². The summed E-state index contributed by atoms with van der Waals surface area (Å²) in [4.78, 5) is 25.0. The van der Waals surface area contributed by atoms with Gasteiger partial charge in [0.25, 0.3) is 5.56 Å². The minimum absolute atomic E-state index is 0.171. The third kappa shape index (κ3) is 4.18. The molecule has 0 radical (unpaired) electrons. The predicted molar refractivity (Wildman–Crippen MR) is 112 cm³/mol. The number of methoxy groups -OCH3 is 2. The quantitative estimate of drug-likeness (QED) is 0.601. The molecule has 0 aliphatic rings. The normalized spacial score (nSPS) is 12.3. The number of nitrogens with zero attached hydrogens (tertiary/aromatic N) is 1. The summed E-state index contributed by atoms with van der Waals surface area (Å²) < 4.78 is 13.1. The number of halogens is 1. The van der Waals surface area contributed by atoms with Crippen molar-refractivity contribution in [2.45, 2.75) is 0 Å². The van der Waals surface area contributed by atoms with Gasteiger partial charge in [-0.15, -0.1) is 11.3 Å². The minimum Gasteiger partial charge on any atom is -0.493 e. The van der Waals surface area contributed by atoms with E-state index in [1.54, 1.807) is 63.7 Å². The first kappa shape index (κ1) is 19.9. The van der Waals surface area contributed by atoms with Crippen molar-refractivity contribution in [2.75, 3.05) is 14.2 Å². The zero-order valence-corrected chi connectivity index (χ0v) is 17.1. The number of ketones is 1. The monoisotopic (exact) mass is 415 g/mol. The first-order valence-corrected chi connectivity index (χ1v) is 9.53. The second-order valence-corrected chi connectivity index (χ2v) is 7.44. The Balaban J connectivity index is 2.04. The van der Waals surface area contributed by atoms with E-state index in [9.17, 15) is 9.59 Å². The molecule has 7 heteroatoms. The summed E-state index contributed by atoms with van der Waals surface area (Å²) in [5, 5.41) is 0.562. The molecule has 0 bridgehead atoms. The van der Waals surface area contributed by atoms with E-state index in [0.29, 0.717) is 31.3 Å². The lowest BCUT2D eigenvalue weighted by atomic mass is 10.1. The largest absolute Gasteiger partial charge is 0.493 e. The Kier molecular flexibility index (Phi) is 6.02. The standard InChI is InChI=1S/C21H18ClNO4S/c1-23-20(12-16(24)14-5-7-15(22)8-6-14)28-19(21(23)25)11-13-4-9-17(26-2)18(10-13)27-3/h4-12H,1-3H3/b19-11+,20-12-. The van der Waals surface area contributed by atoms with Crippen LogP contribution in [-0.2, 0) is 7.05 Å². The molecule has 0 N–H and O–H groups in total. The number of rotatable bonds is 5. The number of carbonyl (C=O) groups excluding carboxylic acids is 1. The molecule has 1 heterocycles. The number of thiazole rings is 1. The van der Waals surface area contributed by atoms with Crippen LogP contribution in [0.5, 0.6) is 11.5 Å². The number of aromatic nitrogens is 1. The second kappa shape index (κ2) is 8.46. The van der Waals surface area contributed by atoms with E-state index in [0.717, 1.165) is 5.56 Å². The van der Waals surface area contributed by atoms with Gasteiger partial charge in [-0.3, -0.25) is 9.59 Å². The molecule has 1 aromatic heterocycles. The van der Waals surface area contributed by atoms with Crippen molar-refractivity contribution in [3.8, 4) is 11.5 Å². The van der Waals surface area contributed by atoms with Crippen molar-refractivity contribution in [3.63, 3.8) is 0 Å². The van der Waals surface area contributed by atoms with Gasteiger partial charge in [0.15, 0.2) is 17.3 Å². The molecule has 28 heavy (non-hydrogen) atoms. The van der Waals surface area contributed by atoms with Crippen LogP contribution in [0.4, 0.5) is 0 Å². The molecule has 0 unspecified atom stereocenters. The highest BCUT2D eigenvalue weighted by Gasteiger charge is 2.07. The Hall–Kier alpha value is -2.83. The summed E-state index contributed by atoms with van der Waals surface area (Å²) in [6, 6.07) is 12.0. The number of Topliss-reactive ketones (excluding diaryl/α,β-unsaturated/α-hetero) is 1. The lowest BCUT2D eigenvalue weighted by molar-refractivity contribution is 0.106. The van der Waals surface area contributed by atoms with Gasteiger partial charge in [-0.05, 0) is 48.0 Å². The Morgan fingerprint density at radius 2 is 1.75 bits per heavy atom. The van der Waals surface area contributed by atoms with E-state index in [4.69, 9.17) is 21.1 Å². The molecule has 0 atom stereocenters. The van der Waals surface area contributed by atoms with Crippen molar-refractivity contribution in [3.05, 3.63) is 78.2 Å². The van der Waals surface area contributed by atoms with Crippen LogP contribution in [0.1, 0.15) is 15.9 Å². The maximum Gasteiger partial charge on any atom is 0.268 e. The van der Waals surface area contributed by atoms with Crippen LogP contribution >= 0.6 is 22.9 Å². The zero-order valence-electron chi connectivity index (χ0n) is 15.6. The van der Waals surface area contributed by atoms with Crippen LogP contribution in [0.15, 0.2) is 47.3 Å². The van der Waals surface area contributed by atoms with Gasteiger partial charge in [-0.1, -0.05) is 17.7 Å². The van der Waals surface area contributed by atoms with Crippen LogP contribution in [-0.4, -0.2) is 24.6 Å². The zero-order chi connectivity index (χ0) is 20.3. The molecule has 144 valence electrons. The summed E-state index contributed by atoms with van der Waals surface area (Å²) in [6.07, 6.45) is 3.22. The average Bonchev–Trinajstić information content (AvgIpc) is 2.96. The van der Waals surface area contributed by atoms with Crippen molar-refractivity contribution in [1.82, 2.24) is 4.57 Å². The number of benzene rings is 2. The van der Waals surface area contributed by atoms with Crippen LogP contribution in [0.2, 0.25) is 5.02 Å². The van der Waals surface area contributed by atoms with Crippen LogP contribution < -0.4 is 24.2 Å². The molecule has 3 rings (SSSR count). The Morgan fingerprint density at radius 3 is 2.39 bits per heavy atom. The lowest BCUT2D eigenvalue weighted by Crippen LogP contribution is -2.29. The first-order chi connectivity index (χ1) is 13.4. The van der Waals surface area contributed by atoms with Gasteiger partial charge in [-0.2, -0.15) is 0 Å². The first-order valence-electron chi connectivity index (χ1n) is 8.34. The minimum atomic E-state index is -0.189. The smallest absolute Gasteiger partial charge is 0.268 e. The SMILES string of the molecule is COc1ccc(/C=c2/s/c(=C\C(=O)c3ccc(Cl)cc3)n(C)c2=O)cc1OC. The van der Waals surface area contributed by atoms with E-state index in [1.807, 2.05) is 6.07 Å². The fourth-order valence-corrected chi connectivity index (χ4v) is 3.77. The summed E-state index contributed by atoms with van der Waals surface area (Å²) in [7, 11) is 4.77. The molecular weight excluding hydrogens is 398 g/mol. The van der Waals surface area contributed by atoms with Crippen LogP contribution in [0, 0.1) is 0 Å². The number of carbonyl (C=O) groups is 1. The van der Waals surface area contributed by atoms with E-state index < -0.39 is 0 Å². The highest BCUT2D eigenvalue weighted by Crippen LogP contribution is 2.27. The molecule has 3 aromatic rings. The van der Waals surface area contributed by atoms with Gasteiger partial charge < -0.3 is 14.0 Å². The van der Waals surface area contributed by atoms with Crippen LogP contribution in [0.25, 0.3) is 12.2 Å². The summed E-state index contributed by atoms with van der Waals surface area (Å²) >= 11 is 7.11. The number of ether oxygens (including phenoxy) is 2. The van der Waals surface area contributed by atoms with Gasteiger partial charge in [0, 0.05) is 23.7 Å². The Bertz CT molecular complexity index is 1190. The molecule has 2 aromatic carbocycles. The van der Waals surface area contributed by atoms with E-state index in [-0.39, 0.29) is 11.3 Å². The summed E-state index contributed by atoms with van der Waals surface area (Å²) in [5.74, 6) is 1.00. The fourth-order valence-electron chi connectivity index (χ4n) is 2.61. The maximum atomic E-state index is 12.6. The molecule has 0 aliphatic heterocycles. The molecule has 0 saturated heterocycles. The van der Waals surface area contributed by atoms with E-state index in [1.165, 1.54) is 22.0 Å². The number of hydrogen-bond donors (Lipinski definition) is 0. The molecule has 0 fully saturated rings. The lowest BCUT2D eigenvalue weighted by Gasteiger charge is -2.07. The van der Waals surface area contributed by atoms with Gasteiger partial charge in [0.1, 0.15) is 4.66 Å². The maximum absolute atomic E-state index is 12.6. The van der Waals surface area contributed by atoms with Gasteiger partial charge in [0.2, 0.25) is 0 Å². The summed E-state index contributed by atoms with van der Waals surface area (Å²) in [6.45, 7) is 0. The topological polar surface area (TPSA) is 57.5 Å². The van der Waals surface area contributed by atoms with Gasteiger partial charge in [0.05, 0.1) is 18.8 Å². The fraction of sp³-hybridized carbons (Fsp3) is 0.143. The van der Waals surface area contributed by atoms with Crippen molar-refractivity contribution >= 4 is 40.9 Å². The molecule has 0 amide bonds. The van der Waals surface area contributed by atoms with Gasteiger partial charge in [-0.25, -0.2) is 0 Å². The van der Waals surface area contributed by atoms with Crippen molar-refractivity contribution in [1.29, 1.82) is 0 Å². The third-order valence-electron chi connectivity index (χ3n) is 4.15. The molecule has 0 aliphatic carbocycles. The van der Waals surface area contributed by atoms with Crippen molar-refractivity contribution < 1.29 is 14.3 Å². The van der Waals surface area contributed by atoms with E-state index in [2.05, 4.69) is 0 Å². The molecule has 0 spiro atoms.